The number of hydrogen-bond acceptors (Lipinski definition) is 5. The van der Waals surface area contributed by atoms with Crippen LogP contribution in [0.3, 0.4) is 0 Å². The molecule has 0 aliphatic carbocycles. The second-order valence-electron chi connectivity index (χ2n) is 5.66. The number of rotatable bonds is 6. The number of Topliss-reactive ketones (excluding diaryl/α,β-unsaturated/α-hetero) is 2. The molecule has 0 bridgehead atoms. The van der Waals surface area contributed by atoms with Gasteiger partial charge in [-0.3, -0.25) is 4.79 Å². The third kappa shape index (κ3) is 4.33. The summed E-state index contributed by atoms with van der Waals surface area (Å²) in [6, 6.07) is 2.83. The van der Waals surface area contributed by atoms with E-state index in [2.05, 4.69) is 0 Å². The molecule has 8 heteroatoms. The lowest BCUT2D eigenvalue weighted by atomic mass is 9.64. The van der Waals surface area contributed by atoms with Crippen LogP contribution in [-0.4, -0.2) is 34.8 Å². The van der Waals surface area contributed by atoms with E-state index in [1.807, 2.05) is 0 Å². The summed E-state index contributed by atoms with van der Waals surface area (Å²) in [5.74, 6) is -1.82. The average Bonchev–Trinajstić information content (AvgIpc) is 2.45. The summed E-state index contributed by atoms with van der Waals surface area (Å²) < 4.78 is 5.32. The van der Waals surface area contributed by atoms with Gasteiger partial charge in [0.25, 0.3) is 0 Å². The minimum absolute atomic E-state index is 0.0583. The summed E-state index contributed by atoms with van der Waals surface area (Å²) >= 11 is 5.91. The fourth-order valence-corrected chi connectivity index (χ4v) is 2.82. The van der Waals surface area contributed by atoms with Gasteiger partial charge in [0.15, 0.2) is 0 Å². The van der Waals surface area contributed by atoms with E-state index in [4.69, 9.17) is 16.3 Å². The first-order valence-corrected chi connectivity index (χ1v) is 7.57. The van der Waals surface area contributed by atoms with Gasteiger partial charge in [-0.05, 0) is 31.0 Å². The molecule has 1 aliphatic rings. The van der Waals surface area contributed by atoms with Crippen molar-refractivity contribution in [2.24, 2.45) is 0 Å². The Labute approximate surface area is 138 Å². The molecule has 23 heavy (non-hydrogen) atoms. The highest BCUT2D eigenvalue weighted by Crippen LogP contribution is 2.38. The third-order valence-corrected chi connectivity index (χ3v) is 3.95. The largest absolute Gasteiger partial charge is 0.535 e. The highest BCUT2D eigenvalue weighted by Gasteiger charge is 2.38. The van der Waals surface area contributed by atoms with Gasteiger partial charge in [0.1, 0.15) is 22.9 Å². The number of carbonyl (C=O) groups is 3. The molecule has 0 unspecified atom stereocenters. The molecule has 0 fully saturated rings. The van der Waals surface area contributed by atoms with E-state index in [0.717, 1.165) is 0 Å². The zero-order chi connectivity index (χ0) is 17.1. The molecular formula is C15H16BClO6. The molecule has 0 amide bonds. The van der Waals surface area contributed by atoms with Crippen LogP contribution in [0.1, 0.15) is 42.1 Å². The summed E-state index contributed by atoms with van der Waals surface area (Å²) in [6.07, 6.45) is 0.640. The molecule has 0 saturated heterocycles. The Morgan fingerprint density at radius 1 is 1.35 bits per heavy atom. The van der Waals surface area contributed by atoms with Gasteiger partial charge in [0.05, 0.1) is 0 Å². The van der Waals surface area contributed by atoms with Crippen LogP contribution in [0, 0.1) is 0 Å². The fraction of sp³-hybridized carbons (Fsp3) is 0.400. The van der Waals surface area contributed by atoms with Gasteiger partial charge in [0.2, 0.25) is 0 Å². The van der Waals surface area contributed by atoms with Crippen molar-refractivity contribution in [2.45, 2.75) is 38.4 Å². The second-order valence-corrected chi connectivity index (χ2v) is 6.10. The Kier molecular flexibility index (Phi) is 5.44. The highest BCUT2D eigenvalue weighted by molar-refractivity contribution is 6.47. The predicted octanol–water partition coefficient (Wildman–Crippen LogP) is 2.15. The van der Waals surface area contributed by atoms with Crippen molar-refractivity contribution in [3.8, 4) is 5.75 Å². The number of benzene rings is 1. The molecule has 0 radical (unpaired) electrons. The van der Waals surface area contributed by atoms with Crippen LogP contribution in [0.2, 0.25) is 10.8 Å². The topological polar surface area (TPSA) is 101 Å². The molecule has 2 N–H and O–H groups in total. The molecule has 1 aromatic carbocycles. The number of carboxylic acids is 1. The van der Waals surface area contributed by atoms with E-state index in [0.29, 0.717) is 5.56 Å². The molecule has 0 spiro atoms. The predicted molar refractivity (Wildman–Crippen MR) is 84.0 cm³/mol. The first-order valence-electron chi connectivity index (χ1n) is 7.19. The van der Waals surface area contributed by atoms with E-state index in [9.17, 15) is 24.5 Å². The molecular weight excluding hydrogens is 322 g/mol. The van der Waals surface area contributed by atoms with Crippen LogP contribution < -0.4 is 4.65 Å². The lowest BCUT2D eigenvalue weighted by Crippen LogP contribution is -2.35. The van der Waals surface area contributed by atoms with Crippen molar-refractivity contribution >= 4 is 36.3 Å². The van der Waals surface area contributed by atoms with Gasteiger partial charge in [-0.1, -0.05) is 11.6 Å². The van der Waals surface area contributed by atoms with Gasteiger partial charge >= 0.3 is 13.1 Å². The van der Waals surface area contributed by atoms with Crippen LogP contribution in [-0.2, 0) is 16.0 Å². The maximum absolute atomic E-state index is 11.9. The van der Waals surface area contributed by atoms with Gasteiger partial charge in [0, 0.05) is 30.1 Å². The van der Waals surface area contributed by atoms with E-state index in [1.54, 1.807) is 6.07 Å². The van der Waals surface area contributed by atoms with Gasteiger partial charge < -0.3 is 19.6 Å². The fourth-order valence-electron chi connectivity index (χ4n) is 2.58. The van der Waals surface area contributed by atoms with E-state index in [1.165, 1.54) is 13.0 Å². The van der Waals surface area contributed by atoms with Crippen LogP contribution in [0.25, 0.3) is 0 Å². The lowest BCUT2D eigenvalue weighted by Gasteiger charge is -2.28. The first-order chi connectivity index (χ1) is 10.8. The van der Waals surface area contributed by atoms with E-state index >= 15 is 0 Å². The minimum atomic E-state index is -1.27. The second kappa shape index (κ2) is 7.15. The summed E-state index contributed by atoms with van der Waals surface area (Å²) in [4.78, 5) is 34.0. The molecule has 0 saturated carbocycles. The Morgan fingerprint density at radius 2 is 2.04 bits per heavy atom. The maximum atomic E-state index is 11.9. The molecule has 1 heterocycles. The van der Waals surface area contributed by atoms with Crippen molar-refractivity contribution in [2.75, 3.05) is 0 Å². The van der Waals surface area contributed by atoms with Crippen LogP contribution in [0.5, 0.6) is 5.75 Å². The van der Waals surface area contributed by atoms with Gasteiger partial charge in [-0.2, -0.15) is 0 Å². The summed E-state index contributed by atoms with van der Waals surface area (Å²) in [5.41, 5.74) is 0.428. The number of carboxylic acid groups (broad SMARTS) is 1. The molecule has 1 atom stereocenters. The third-order valence-electron chi connectivity index (χ3n) is 3.73. The minimum Gasteiger partial charge on any atom is -0.535 e. The zero-order valence-electron chi connectivity index (χ0n) is 12.5. The SMILES string of the molecule is CC(=O)CCC(=O)C[C@H]1Cc2cc(Cl)cc(C(=O)O)c2OB1O. The quantitative estimate of drug-likeness (QED) is 0.771. The average molecular weight is 339 g/mol. The van der Waals surface area contributed by atoms with Crippen molar-refractivity contribution in [1.82, 2.24) is 0 Å². The number of aromatic carboxylic acids is 1. The summed E-state index contributed by atoms with van der Waals surface area (Å²) in [6.45, 7) is 1.41. The van der Waals surface area contributed by atoms with Crippen LogP contribution in [0.4, 0.5) is 0 Å². The summed E-state index contributed by atoms with van der Waals surface area (Å²) in [7, 11) is -1.27. The van der Waals surface area contributed by atoms with Gasteiger partial charge in [-0.25, -0.2) is 4.79 Å². The van der Waals surface area contributed by atoms with Crippen molar-refractivity contribution in [3.63, 3.8) is 0 Å². The number of halogens is 1. The number of carbonyl (C=O) groups excluding carboxylic acids is 2. The maximum Gasteiger partial charge on any atom is 0.526 e. The monoisotopic (exact) mass is 338 g/mol. The molecule has 1 aromatic rings. The lowest BCUT2D eigenvalue weighted by molar-refractivity contribution is -0.123. The Balaban J connectivity index is 2.16. The van der Waals surface area contributed by atoms with Gasteiger partial charge in [-0.15, -0.1) is 0 Å². The smallest absolute Gasteiger partial charge is 0.526 e. The summed E-state index contributed by atoms with van der Waals surface area (Å²) in [5, 5.41) is 19.5. The Hall–Kier alpha value is -1.86. The van der Waals surface area contributed by atoms with Crippen molar-refractivity contribution in [1.29, 1.82) is 0 Å². The first kappa shape index (κ1) is 17.5. The van der Waals surface area contributed by atoms with Crippen molar-refractivity contribution in [3.05, 3.63) is 28.3 Å². The molecule has 2 rings (SSSR count). The Morgan fingerprint density at radius 3 is 2.65 bits per heavy atom. The zero-order valence-corrected chi connectivity index (χ0v) is 13.3. The molecule has 6 nitrogen and oxygen atoms in total. The number of hydrogen-bond donors (Lipinski definition) is 2. The number of fused-ring (bicyclic) bond motifs is 1. The van der Waals surface area contributed by atoms with E-state index in [-0.39, 0.29) is 53.6 Å². The van der Waals surface area contributed by atoms with Crippen molar-refractivity contribution < 1.29 is 29.2 Å². The Bertz CT molecular complexity index is 660. The normalized spacial score (nSPS) is 16.5. The molecule has 122 valence electrons. The molecule has 0 aromatic heterocycles. The van der Waals surface area contributed by atoms with Crippen LogP contribution in [0.15, 0.2) is 12.1 Å². The van der Waals surface area contributed by atoms with Crippen LogP contribution >= 0.6 is 11.6 Å². The highest BCUT2D eigenvalue weighted by atomic mass is 35.5. The standard InChI is InChI=1S/C15H16BClO6/c1-8(18)2-3-12(19)6-10-4-9-5-11(17)7-13(15(20)21)14(9)23-16(10)22/h5,7,10,22H,2-4,6H2,1H3,(H,20,21)/t10-/m1/s1. The molecule has 1 aliphatic heterocycles. The van der Waals surface area contributed by atoms with E-state index < -0.39 is 18.9 Å². The number of ketones is 2.